The van der Waals surface area contributed by atoms with Crippen LogP contribution < -0.4 is 10.2 Å². The van der Waals surface area contributed by atoms with E-state index in [-0.39, 0.29) is 0 Å². The molecule has 0 bridgehead atoms. The van der Waals surface area contributed by atoms with Gasteiger partial charge in [-0.2, -0.15) is 0 Å². The summed E-state index contributed by atoms with van der Waals surface area (Å²) in [7, 11) is 6.44. The molecule has 0 amide bonds. The van der Waals surface area contributed by atoms with Crippen molar-refractivity contribution in [1.29, 1.82) is 0 Å². The van der Waals surface area contributed by atoms with Gasteiger partial charge in [-0.1, -0.05) is 36.4 Å². The summed E-state index contributed by atoms with van der Waals surface area (Å²) in [5.41, 5.74) is 5.72. The average Bonchev–Trinajstić information content (AvgIpc) is 2.77. The molecule has 2 aromatic carbocycles. The molecule has 158 valence electrons. The topological polar surface area (TPSA) is 34.6 Å². The highest BCUT2D eigenvalue weighted by atomic mass is 15.2. The lowest BCUT2D eigenvalue weighted by Crippen LogP contribution is -2.44. The third-order valence-electron chi connectivity index (χ3n) is 5.84. The van der Waals surface area contributed by atoms with Crippen LogP contribution >= 0.6 is 0 Å². The number of para-hydroxylation sites is 2. The van der Waals surface area contributed by atoms with Crippen LogP contribution in [0.1, 0.15) is 6.42 Å². The minimum Gasteiger partial charge on any atom is -0.384 e. The summed E-state index contributed by atoms with van der Waals surface area (Å²) < 4.78 is 0. The van der Waals surface area contributed by atoms with E-state index in [0.29, 0.717) is 0 Å². The Morgan fingerprint density at radius 3 is 2.50 bits per heavy atom. The molecular formula is C25H33N5. The highest BCUT2D eigenvalue weighted by molar-refractivity contribution is 5.95. The first-order chi connectivity index (χ1) is 14.6. The first-order valence-corrected chi connectivity index (χ1v) is 10.9. The van der Waals surface area contributed by atoms with Gasteiger partial charge in [0.05, 0.1) is 11.2 Å². The van der Waals surface area contributed by atoms with Gasteiger partial charge >= 0.3 is 0 Å². The predicted octanol–water partition coefficient (Wildman–Crippen LogP) is 4.02. The Hall–Kier alpha value is -2.63. The van der Waals surface area contributed by atoms with Crippen LogP contribution in [0, 0.1) is 0 Å². The van der Waals surface area contributed by atoms with Gasteiger partial charge in [0.1, 0.15) is 0 Å². The number of hydrogen-bond acceptors (Lipinski definition) is 5. The van der Waals surface area contributed by atoms with Crippen molar-refractivity contribution in [1.82, 2.24) is 14.8 Å². The summed E-state index contributed by atoms with van der Waals surface area (Å²) in [6.45, 7) is 6.32. The second kappa shape index (κ2) is 9.45. The fourth-order valence-corrected chi connectivity index (χ4v) is 4.08. The number of anilines is 2. The monoisotopic (exact) mass is 403 g/mol. The summed E-state index contributed by atoms with van der Waals surface area (Å²) in [6.07, 6.45) is 1.11. The van der Waals surface area contributed by atoms with Crippen LogP contribution in [0.2, 0.25) is 0 Å². The molecule has 0 spiro atoms. The highest BCUT2D eigenvalue weighted by Crippen LogP contribution is 2.34. The summed E-state index contributed by atoms with van der Waals surface area (Å²) >= 11 is 0. The van der Waals surface area contributed by atoms with Gasteiger partial charge in [-0.05, 0) is 52.3 Å². The molecule has 0 radical (unpaired) electrons. The molecule has 1 aromatic heterocycles. The van der Waals surface area contributed by atoms with Gasteiger partial charge in [-0.15, -0.1) is 0 Å². The van der Waals surface area contributed by atoms with E-state index in [9.17, 15) is 0 Å². The lowest BCUT2D eigenvalue weighted by Gasteiger charge is -2.35. The molecule has 4 rings (SSSR count). The van der Waals surface area contributed by atoms with Crippen molar-refractivity contribution >= 4 is 22.3 Å². The van der Waals surface area contributed by atoms with Crippen LogP contribution in [0.25, 0.3) is 22.2 Å². The minimum atomic E-state index is 0.952. The van der Waals surface area contributed by atoms with E-state index in [2.05, 4.69) is 95.8 Å². The zero-order valence-electron chi connectivity index (χ0n) is 18.4. The Bertz CT molecular complexity index is 976. The second-order valence-electron chi connectivity index (χ2n) is 8.46. The van der Waals surface area contributed by atoms with Crippen molar-refractivity contribution in [2.75, 3.05) is 70.6 Å². The van der Waals surface area contributed by atoms with Gasteiger partial charge in [0, 0.05) is 55.0 Å². The molecule has 1 saturated heterocycles. The lowest BCUT2D eigenvalue weighted by molar-refractivity contribution is 0.313. The maximum absolute atomic E-state index is 5.05. The standard InChI is InChI=1S/C25H33N5/c1-28(2)14-8-13-26-22-11-6-4-9-20(22)24-19-25(30-17-15-29(3)16-18-30)21-10-5-7-12-23(21)27-24/h4-7,9-12,19,26H,8,13-18H2,1-3H3. The van der Waals surface area contributed by atoms with E-state index < -0.39 is 0 Å². The fourth-order valence-electron chi connectivity index (χ4n) is 4.08. The van der Waals surface area contributed by atoms with Crippen molar-refractivity contribution in [2.45, 2.75) is 6.42 Å². The lowest BCUT2D eigenvalue weighted by atomic mass is 10.0. The predicted molar refractivity (Wildman–Crippen MR) is 129 cm³/mol. The quantitative estimate of drug-likeness (QED) is 0.603. The molecule has 1 aliphatic heterocycles. The first kappa shape index (κ1) is 20.6. The van der Waals surface area contributed by atoms with E-state index in [1.54, 1.807) is 0 Å². The Labute approximate surface area is 180 Å². The highest BCUT2D eigenvalue weighted by Gasteiger charge is 2.18. The summed E-state index contributed by atoms with van der Waals surface area (Å²) in [4.78, 5) is 12.2. The summed E-state index contributed by atoms with van der Waals surface area (Å²) in [5, 5.41) is 4.87. The van der Waals surface area contributed by atoms with E-state index in [1.165, 1.54) is 16.6 Å². The van der Waals surface area contributed by atoms with Gasteiger partial charge in [0.15, 0.2) is 0 Å². The number of rotatable bonds is 7. The second-order valence-corrected chi connectivity index (χ2v) is 8.46. The maximum atomic E-state index is 5.05. The Kier molecular flexibility index (Phi) is 6.50. The van der Waals surface area contributed by atoms with E-state index in [0.717, 1.165) is 62.6 Å². The number of fused-ring (bicyclic) bond motifs is 1. The Morgan fingerprint density at radius 2 is 1.70 bits per heavy atom. The summed E-state index contributed by atoms with van der Waals surface area (Å²) in [6, 6.07) is 19.4. The third kappa shape index (κ3) is 4.74. The van der Waals surface area contributed by atoms with Crippen LogP contribution in [0.4, 0.5) is 11.4 Å². The van der Waals surface area contributed by atoms with Crippen molar-refractivity contribution < 1.29 is 0 Å². The zero-order chi connectivity index (χ0) is 20.9. The van der Waals surface area contributed by atoms with E-state index in [4.69, 9.17) is 4.98 Å². The molecule has 0 unspecified atom stereocenters. The maximum Gasteiger partial charge on any atom is 0.0751 e. The number of aromatic nitrogens is 1. The zero-order valence-corrected chi connectivity index (χ0v) is 18.4. The fraction of sp³-hybridized carbons (Fsp3) is 0.400. The van der Waals surface area contributed by atoms with Crippen LogP contribution in [0.15, 0.2) is 54.6 Å². The van der Waals surface area contributed by atoms with E-state index >= 15 is 0 Å². The molecule has 3 aromatic rings. The SMILES string of the molecule is CN(C)CCCNc1ccccc1-c1cc(N2CCN(C)CC2)c2ccccc2n1. The molecule has 1 N–H and O–H groups in total. The number of piperazine rings is 1. The molecule has 1 fully saturated rings. The molecule has 2 heterocycles. The normalized spacial score (nSPS) is 15.1. The van der Waals surface area contributed by atoms with E-state index in [1.807, 2.05) is 0 Å². The van der Waals surface area contributed by atoms with Crippen LogP contribution in [0.3, 0.4) is 0 Å². The largest absolute Gasteiger partial charge is 0.384 e. The van der Waals surface area contributed by atoms with Crippen LogP contribution in [-0.2, 0) is 0 Å². The number of pyridine rings is 1. The smallest absolute Gasteiger partial charge is 0.0751 e. The Morgan fingerprint density at radius 1 is 0.967 bits per heavy atom. The molecule has 0 aliphatic carbocycles. The van der Waals surface area contributed by atoms with Crippen molar-refractivity contribution in [3.63, 3.8) is 0 Å². The van der Waals surface area contributed by atoms with Gasteiger partial charge in [-0.25, -0.2) is 4.98 Å². The minimum absolute atomic E-state index is 0.952. The Balaban J connectivity index is 1.68. The average molecular weight is 404 g/mol. The number of likely N-dealkylation sites (N-methyl/N-ethyl adjacent to an activating group) is 1. The van der Waals surface area contributed by atoms with Gasteiger partial charge in [0.25, 0.3) is 0 Å². The molecule has 5 nitrogen and oxygen atoms in total. The van der Waals surface area contributed by atoms with Gasteiger partial charge in [-0.3, -0.25) is 0 Å². The number of hydrogen-bond donors (Lipinski definition) is 1. The number of nitrogens with zero attached hydrogens (tertiary/aromatic N) is 4. The molecule has 30 heavy (non-hydrogen) atoms. The molecule has 1 aliphatic rings. The number of benzene rings is 2. The van der Waals surface area contributed by atoms with Crippen molar-refractivity contribution in [3.05, 3.63) is 54.6 Å². The first-order valence-electron chi connectivity index (χ1n) is 10.9. The van der Waals surface area contributed by atoms with Crippen molar-refractivity contribution in [3.8, 4) is 11.3 Å². The van der Waals surface area contributed by atoms with Crippen molar-refractivity contribution in [2.24, 2.45) is 0 Å². The molecule has 0 atom stereocenters. The molecule has 0 saturated carbocycles. The summed E-state index contributed by atoms with van der Waals surface area (Å²) in [5.74, 6) is 0. The third-order valence-corrected chi connectivity index (χ3v) is 5.84. The molecule has 5 heteroatoms. The van der Waals surface area contributed by atoms with Crippen LogP contribution in [-0.4, -0.2) is 75.2 Å². The van der Waals surface area contributed by atoms with Gasteiger partial charge in [0.2, 0.25) is 0 Å². The number of nitrogens with one attached hydrogen (secondary N) is 1. The molecular weight excluding hydrogens is 370 g/mol. The van der Waals surface area contributed by atoms with Crippen LogP contribution in [0.5, 0.6) is 0 Å². The van der Waals surface area contributed by atoms with Gasteiger partial charge < -0.3 is 20.0 Å².